The Kier molecular flexibility index (Phi) is 5.69. The number of aryl methyl sites for hydroxylation is 1. The molecule has 0 saturated heterocycles. The van der Waals surface area contributed by atoms with E-state index in [1.54, 1.807) is 0 Å². The molecule has 1 atom stereocenters. The monoisotopic (exact) mass is 296 g/mol. The van der Waals surface area contributed by atoms with Gasteiger partial charge >= 0.3 is 15.6 Å². The molecular weight excluding hydrogens is 282 g/mol. The third kappa shape index (κ3) is 7.03. The second-order valence-electron chi connectivity index (χ2n) is 3.46. The first-order valence-corrected chi connectivity index (χ1v) is 8.09. The maximum absolute atomic E-state index is 11.1. The van der Waals surface area contributed by atoms with Gasteiger partial charge in [0.2, 0.25) is 0 Å². The van der Waals surface area contributed by atoms with E-state index in [9.17, 15) is 9.13 Å². The van der Waals surface area contributed by atoms with E-state index in [1.807, 2.05) is 30.3 Å². The fourth-order valence-corrected chi connectivity index (χ4v) is 2.88. The van der Waals surface area contributed by atoms with E-state index in [0.717, 1.165) is 5.56 Å². The Morgan fingerprint density at radius 3 is 2.22 bits per heavy atom. The lowest BCUT2D eigenvalue weighted by atomic mass is 10.1. The normalized spacial score (nSPS) is 15.3. The highest BCUT2D eigenvalue weighted by atomic mass is 31.3. The third-order valence-electron chi connectivity index (χ3n) is 1.92. The van der Waals surface area contributed by atoms with Gasteiger partial charge in [0.05, 0.1) is 6.61 Å². The fourth-order valence-electron chi connectivity index (χ4n) is 1.26. The summed E-state index contributed by atoms with van der Waals surface area (Å²) in [6.07, 6.45) is 1.05. The standard InChI is InChI=1S/C9H14O7P2/c10-17(11,12)16-18(13,14)15-8-4-7-9-5-2-1-3-6-9/h1-3,5-6H,4,7-8H2,(H,13,14)(H2,10,11,12). The van der Waals surface area contributed by atoms with Gasteiger partial charge < -0.3 is 14.7 Å². The van der Waals surface area contributed by atoms with Gasteiger partial charge in [0.15, 0.2) is 0 Å². The van der Waals surface area contributed by atoms with Crippen LogP contribution >= 0.6 is 15.6 Å². The van der Waals surface area contributed by atoms with Crippen molar-refractivity contribution in [1.29, 1.82) is 0 Å². The molecule has 3 N–H and O–H groups in total. The highest BCUT2D eigenvalue weighted by Gasteiger charge is 2.31. The number of benzene rings is 1. The van der Waals surface area contributed by atoms with Gasteiger partial charge in [-0.2, -0.15) is 4.31 Å². The molecule has 7 nitrogen and oxygen atoms in total. The lowest BCUT2D eigenvalue weighted by Gasteiger charge is -2.12. The van der Waals surface area contributed by atoms with Gasteiger partial charge in [-0.3, -0.25) is 4.52 Å². The van der Waals surface area contributed by atoms with Crippen LogP contribution < -0.4 is 0 Å². The summed E-state index contributed by atoms with van der Waals surface area (Å²) in [7, 11) is -9.73. The van der Waals surface area contributed by atoms with E-state index >= 15 is 0 Å². The van der Waals surface area contributed by atoms with Crippen molar-refractivity contribution in [3.63, 3.8) is 0 Å². The average molecular weight is 296 g/mol. The van der Waals surface area contributed by atoms with E-state index in [2.05, 4.69) is 8.83 Å². The second-order valence-corrected chi connectivity index (χ2v) is 6.29. The number of hydrogen-bond donors (Lipinski definition) is 3. The zero-order valence-corrected chi connectivity index (χ0v) is 11.2. The van der Waals surface area contributed by atoms with Crippen LogP contribution in [0.5, 0.6) is 0 Å². The van der Waals surface area contributed by atoms with Crippen molar-refractivity contribution in [3.05, 3.63) is 35.9 Å². The van der Waals surface area contributed by atoms with E-state index < -0.39 is 15.6 Å². The Balaban J connectivity index is 2.30. The smallest absolute Gasteiger partial charge is 0.302 e. The van der Waals surface area contributed by atoms with Gasteiger partial charge in [0.1, 0.15) is 0 Å². The minimum absolute atomic E-state index is 0.136. The van der Waals surface area contributed by atoms with Crippen molar-refractivity contribution in [3.8, 4) is 0 Å². The Morgan fingerprint density at radius 2 is 1.67 bits per heavy atom. The van der Waals surface area contributed by atoms with Gasteiger partial charge in [-0.15, -0.1) is 0 Å². The summed E-state index contributed by atoms with van der Waals surface area (Å²) < 4.78 is 29.5. The molecule has 0 heterocycles. The van der Waals surface area contributed by atoms with Crippen molar-refractivity contribution in [1.82, 2.24) is 0 Å². The highest BCUT2D eigenvalue weighted by molar-refractivity contribution is 7.60. The summed E-state index contributed by atoms with van der Waals surface area (Å²) in [4.78, 5) is 25.7. The second kappa shape index (κ2) is 6.59. The molecule has 0 spiro atoms. The van der Waals surface area contributed by atoms with Crippen molar-refractivity contribution in [2.24, 2.45) is 0 Å². The molecule has 1 aromatic carbocycles. The molecule has 9 heteroatoms. The number of hydrogen-bond acceptors (Lipinski definition) is 4. The summed E-state index contributed by atoms with van der Waals surface area (Å²) in [5.74, 6) is 0. The van der Waals surface area contributed by atoms with Crippen molar-refractivity contribution >= 4 is 15.6 Å². The minimum Gasteiger partial charge on any atom is -0.302 e. The van der Waals surface area contributed by atoms with E-state index in [0.29, 0.717) is 12.8 Å². The predicted molar refractivity (Wildman–Crippen MR) is 63.7 cm³/mol. The maximum Gasteiger partial charge on any atom is 0.481 e. The molecule has 0 bridgehead atoms. The molecule has 0 radical (unpaired) electrons. The van der Waals surface area contributed by atoms with Gasteiger partial charge in [-0.05, 0) is 18.4 Å². The van der Waals surface area contributed by atoms with Gasteiger partial charge in [-0.25, -0.2) is 9.13 Å². The summed E-state index contributed by atoms with van der Waals surface area (Å²) in [6.45, 7) is -0.136. The van der Waals surface area contributed by atoms with Crippen LogP contribution in [0, 0.1) is 0 Å². The first kappa shape index (κ1) is 15.5. The zero-order valence-electron chi connectivity index (χ0n) is 9.38. The van der Waals surface area contributed by atoms with Crippen molar-refractivity contribution in [2.75, 3.05) is 6.61 Å². The number of phosphoric ester groups is 1. The van der Waals surface area contributed by atoms with Gasteiger partial charge in [-0.1, -0.05) is 30.3 Å². The van der Waals surface area contributed by atoms with Crippen molar-refractivity contribution < 1.29 is 32.6 Å². The summed E-state index contributed by atoms with van der Waals surface area (Å²) in [5, 5.41) is 0. The molecule has 0 aliphatic rings. The summed E-state index contributed by atoms with van der Waals surface area (Å²) >= 11 is 0. The lowest BCUT2D eigenvalue weighted by Crippen LogP contribution is -1.97. The molecule has 0 aromatic heterocycles. The van der Waals surface area contributed by atoms with Crippen LogP contribution in [0.15, 0.2) is 30.3 Å². The molecule has 0 saturated carbocycles. The molecule has 1 rings (SSSR count). The van der Waals surface area contributed by atoms with Gasteiger partial charge in [0.25, 0.3) is 0 Å². The lowest BCUT2D eigenvalue weighted by molar-refractivity contribution is 0.177. The molecule has 102 valence electrons. The summed E-state index contributed by atoms with van der Waals surface area (Å²) in [5.41, 5.74) is 1.03. The first-order valence-electron chi connectivity index (χ1n) is 5.07. The fraction of sp³-hybridized carbons (Fsp3) is 0.333. The van der Waals surface area contributed by atoms with E-state index in [4.69, 9.17) is 14.7 Å². The zero-order chi connectivity index (χ0) is 13.6. The van der Waals surface area contributed by atoms with E-state index in [-0.39, 0.29) is 6.61 Å². The molecule has 0 amide bonds. The molecule has 1 aromatic rings. The SMILES string of the molecule is O=P(O)(O)OP(=O)(O)OCCCc1ccccc1. The number of rotatable bonds is 7. The van der Waals surface area contributed by atoms with Crippen LogP contribution in [-0.2, 0) is 24.4 Å². The molecule has 0 aliphatic heterocycles. The molecule has 0 aliphatic carbocycles. The van der Waals surface area contributed by atoms with Crippen LogP contribution in [0.4, 0.5) is 0 Å². The van der Waals surface area contributed by atoms with Crippen molar-refractivity contribution in [2.45, 2.75) is 12.8 Å². The average Bonchev–Trinajstić information content (AvgIpc) is 2.23. The maximum atomic E-state index is 11.1. The minimum atomic E-state index is -5.03. The highest BCUT2D eigenvalue weighted by Crippen LogP contribution is 2.57. The Labute approximate surface area is 104 Å². The Hall–Kier alpha value is -0.520. The van der Waals surface area contributed by atoms with Gasteiger partial charge in [0, 0.05) is 0 Å². The van der Waals surface area contributed by atoms with E-state index in [1.165, 1.54) is 0 Å². The van der Waals surface area contributed by atoms with Crippen LogP contribution in [0.1, 0.15) is 12.0 Å². The largest absolute Gasteiger partial charge is 0.481 e. The Bertz CT molecular complexity index is 455. The van der Waals surface area contributed by atoms with Crippen LogP contribution in [0.3, 0.4) is 0 Å². The third-order valence-corrected chi connectivity index (χ3v) is 4.10. The molecular formula is C9H14O7P2. The van der Waals surface area contributed by atoms with Crippen LogP contribution in [0.25, 0.3) is 0 Å². The van der Waals surface area contributed by atoms with Crippen LogP contribution in [0.2, 0.25) is 0 Å². The Morgan fingerprint density at radius 1 is 1.06 bits per heavy atom. The van der Waals surface area contributed by atoms with Crippen LogP contribution in [-0.4, -0.2) is 21.3 Å². The summed E-state index contributed by atoms with van der Waals surface area (Å²) in [6, 6.07) is 9.39. The predicted octanol–water partition coefficient (Wildman–Crippen LogP) is 1.85. The molecule has 1 unspecified atom stereocenters. The first-order chi connectivity index (χ1) is 8.29. The molecule has 0 fully saturated rings. The number of phosphoric acid groups is 2. The topological polar surface area (TPSA) is 113 Å². The quantitative estimate of drug-likeness (QED) is 0.519. The molecule has 18 heavy (non-hydrogen) atoms.